The maximum absolute atomic E-state index is 13.8. The van der Waals surface area contributed by atoms with Crippen molar-refractivity contribution in [2.75, 3.05) is 20.8 Å². The highest BCUT2D eigenvalue weighted by Crippen LogP contribution is 2.44. The molecule has 0 bridgehead atoms. The third-order valence-electron chi connectivity index (χ3n) is 7.80. The lowest BCUT2D eigenvalue weighted by atomic mass is 9.98. The highest BCUT2D eigenvalue weighted by Gasteiger charge is 2.48. The summed E-state index contributed by atoms with van der Waals surface area (Å²) >= 11 is 0. The van der Waals surface area contributed by atoms with Crippen LogP contribution in [0.1, 0.15) is 6.92 Å². The molecule has 17 nitrogen and oxygen atoms in total. The van der Waals surface area contributed by atoms with Crippen molar-refractivity contribution in [1.82, 2.24) is 0 Å². The van der Waals surface area contributed by atoms with Crippen LogP contribution in [-0.2, 0) is 14.2 Å². The standard InChI is InChI=1S/C29H34O17/c1-9-18(32)22(36)24(38)28(43-9)42-8-16-20(34)23(37)25(39)29(45-16)46-27-21(35)17-12(31)6-11(30)7-13(17)44-26(27)10-4-14(40-2)19(33)15(5-10)41-3/h4-7,9,16,18,20,22-25,28-34,36-39H,8H2,1-3H3/t9?,16?,18-,20-,22?,23?,24-,25+,28+,29+/m0/s1. The van der Waals surface area contributed by atoms with E-state index in [0.29, 0.717) is 0 Å². The second-order valence-corrected chi connectivity index (χ2v) is 10.8. The van der Waals surface area contributed by atoms with Crippen LogP contribution in [0.5, 0.6) is 34.5 Å². The van der Waals surface area contributed by atoms with Crippen molar-refractivity contribution in [3.63, 3.8) is 0 Å². The van der Waals surface area contributed by atoms with Crippen molar-refractivity contribution in [3.8, 4) is 45.8 Å². The van der Waals surface area contributed by atoms with Crippen LogP contribution in [0, 0.1) is 0 Å². The SMILES string of the molecule is COc1cc(-c2oc3cc(O)cc(O)c3c(=O)c2O[C@H]2OC(CO[C@@H]3OC(C)[C@H](O)C(O)[C@@H]3O)[C@H](O)C(O)[C@H]2O)cc(OC)c1O. The maximum Gasteiger partial charge on any atom is 0.239 e. The van der Waals surface area contributed by atoms with Gasteiger partial charge in [0.2, 0.25) is 23.2 Å². The fraction of sp³-hybridized carbons (Fsp3) is 0.483. The second-order valence-electron chi connectivity index (χ2n) is 10.8. The van der Waals surface area contributed by atoms with Crippen molar-refractivity contribution in [1.29, 1.82) is 0 Å². The number of hydrogen-bond donors (Lipinski definition) is 9. The zero-order chi connectivity index (χ0) is 33.6. The largest absolute Gasteiger partial charge is 0.508 e. The summed E-state index contributed by atoms with van der Waals surface area (Å²) < 4.78 is 38.6. The first-order chi connectivity index (χ1) is 21.8. The molecule has 5 rings (SSSR count). The Kier molecular flexibility index (Phi) is 9.50. The summed E-state index contributed by atoms with van der Waals surface area (Å²) in [6.45, 7) is 0.824. The maximum atomic E-state index is 13.8. The summed E-state index contributed by atoms with van der Waals surface area (Å²) in [5.74, 6) is -2.76. The van der Waals surface area contributed by atoms with E-state index in [2.05, 4.69) is 0 Å². The lowest BCUT2D eigenvalue weighted by Gasteiger charge is -2.42. The summed E-state index contributed by atoms with van der Waals surface area (Å²) in [6.07, 6.45) is -16.2. The Morgan fingerprint density at radius 3 is 2.00 bits per heavy atom. The topological polar surface area (TPSA) is 268 Å². The van der Waals surface area contributed by atoms with Gasteiger partial charge in [-0.05, 0) is 19.1 Å². The van der Waals surface area contributed by atoms with Gasteiger partial charge in [0.15, 0.2) is 23.5 Å². The first-order valence-electron chi connectivity index (χ1n) is 13.9. The number of hydrogen-bond acceptors (Lipinski definition) is 17. The van der Waals surface area contributed by atoms with Crippen molar-refractivity contribution < 1.29 is 78.8 Å². The van der Waals surface area contributed by atoms with Crippen LogP contribution >= 0.6 is 0 Å². The van der Waals surface area contributed by atoms with E-state index in [-0.39, 0.29) is 34.2 Å². The van der Waals surface area contributed by atoms with Gasteiger partial charge in [0, 0.05) is 17.7 Å². The van der Waals surface area contributed by atoms with Gasteiger partial charge in [0.25, 0.3) is 0 Å². The smallest absolute Gasteiger partial charge is 0.239 e. The Bertz CT molecular complexity index is 1600. The Morgan fingerprint density at radius 2 is 1.37 bits per heavy atom. The predicted octanol–water partition coefficient (Wildman–Crippen LogP) is -1.38. The Hall–Kier alpha value is -3.91. The van der Waals surface area contributed by atoms with Gasteiger partial charge in [-0.15, -0.1) is 0 Å². The van der Waals surface area contributed by atoms with Crippen LogP contribution in [0.2, 0.25) is 0 Å². The average Bonchev–Trinajstić information content (AvgIpc) is 3.02. The molecule has 3 aromatic rings. The average molecular weight is 655 g/mol. The minimum Gasteiger partial charge on any atom is -0.508 e. The first-order valence-corrected chi connectivity index (χ1v) is 13.9. The van der Waals surface area contributed by atoms with Crippen molar-refractivity contribution in [3.05, 3.63) is 34.5 Å². The fourth-order valence-electron chi connectivity index (χ4n) is 5.20. The molecule has 17 heteroatoms. The summed E-state index contributed by atoms with van der Waals surface area (Å²) in [6, 6.07) is 4.45. The molecule has 252 valence electrons. The van der Waals surface area contributed by atoms with Gasteiger partial charge < -0.3 is 78.8 Å². The molecule has 0 radical (unpaired) electrons. The van der Waals surface area contributed by atoms with E-state index in [4.69, 9.17) is 32.8 Å². The monoisotopic (exact) mass is 654 g/mol. The van der Waals surface area contributed by atoms with Crippen LogP contribution in [0.15, 0.2) is 33.5 Å². The summed E-state index contributed by atoms with van der Waals surface area (Å²) in [4.78, 5) is 13.8. The summed E-state index contributed by atoms with van der Waals surface area (Å²) in [7, 11) is 2.51. The van der Waals surface area contributed by atoms with Crippen LogP contribution in [0.25, 0.3) is 22.3 Å². The van der Waals surface area contributed by atoms with Crippen molar-refractivity contribution >= 4 is 11.0 Å². The van der Waals surface area contributed by atoms with Gasteiger partial charge in [0.1, 0.15) is 65.2 Å². The third-order valence-corrected chi connectivity index (χ3v) is 7.80. The first kappa shape index (κ1) is 33.5. The van der Waals surface area contributed by atoms with Gasteiger partial charge in [-0.1, -0.05) is 0 Å². The van der Waals surface area contributed by atoms with E-state index >= 15 is 0 Å². The molecule has 3 heterocycles. The molecule has 4 unspecified atom stereocenters. The molecule has 0 saturated carbocycles. The molecular weight excluding hydrogens is 620 g/mol. The molecule has 0 spiro atoms. The molecule has 0 aliphatic carbocycles. The third kappa shape index (κ3) is 5.99. The molecule has 9 N–H and O–H groups in total. The number of aliphatic hydroxyl groups is 6. The zero-order valence-corrected chi connectivity index (χ0v) is 24.6. The highest BCUT2D eigenvalue weighted by molar-refractivity contribution is 5.88. The lowest BCUT2D eigenvalue weighted by molar-refractivity contribution is -0.318. The zero-order valence-electron chi connectivity index (χ0n) is 24.6. The molecule has 2 fully saturated rings. The van der Waals surface area contributed by atoms with E-state index in [1.54, 1.807) is 0 Å². The second kappa shape index (κ2) is 13.1. The molecule has 2 aliphatic heterocycles. The Morgan fingerprint density at radius 1 is 0.761 bits per heavy atom. The minimum absolute atomic E-state index is 0.0207. The number of fused-ring (bicyclic) bond motifs is 1. The molecule has 2 aromatic carbocycles. The van der Waals surface area contributed by atoms with Crippen molar-refractivity contribution in [2.45, 2.75) is 68.3 Å². The van der Waals surface area contributed by atoms with Crippen LogP contribution < -0.4 is 19.6 Å². The number of phenolic OH excluding ortho intramolecular Hbond substituents is 3. The molecule has 2 aliphatic rings. The van der Waals surface area contributed by atoms with Gasteiger partial charge in [-0.2, -0.15) is 0 Å². The normalized spacial score (nSPS) is 31.5. The van der Waals surface area contributed by atoms with Gasteiger partial charge in [-0.3, -0.25) is 4.79 Å². The van der Waals surface area contributed by atoms with Crippen LogP contribution in [-0.4, -0.2) is 128 Å². The molecule has 2 saturated heterocycles. The van der Waals surface area contributed by atoms with Crippen molar-refractivity contribution in [2.24, 2.45) is 0 Å². The molecular formula is C29H34O17. The van der Waals surface area contributed by atoms with E-state index in [0.717, 1.165) is 12.1 Å². The Balaban J connectivity index is 1.52. The van der Waals surface area contributed by atoms with E-state index in [1.165, 1.54) is 33.3 Å². The number of aromatic hydroxyl groups is 3. The number of methoxy groups -OCH3 is 2. The van der Waals surface area contributed by atoms with Gasteiger partial charge >= 0.3 is 0 Å². The van der Waals surface area contributed by atoms with Gasteiger partial charge in [0.05, 0.1) is 26.9 Å². The molecule has 0 amide bonds. The lowest BCUT2D eigenvalue weighted by Crippen LogP contribution is -2.61. The molecule has 10 atom stereocenters. The molecule has 46 heavy (non-hydrogen) atoms. The van der Waals surface area contributed by atoms with E-state index < -0.39 is 96.1 Å². The number of rotatable bonds is 8. The quantitative estimate of drug-likeness (QED) is 0.135. The summed E-state index contributed by atoms with van der Waals surface area (Å²) in [5, 5.41) is 92.7. The highest BCUT2D eigenvalue weighted by atomic mass is 16.7. The molecule has 1 aromatic heterocycles. The van der Waals surface area contributed by atoms with E-state index in [1.807, 2.05) is 0 Å². The van der Waals surface area contributed by atoms with E-state index in [9.17, 15) is 50.8 Å². The Labute approximate surface area is 259 Å². The predicted molar refractivity (Wildman–Crippen MR) is 152 cm³/mol. The number of phenols is 3. The van der Waals surface area contributed by atoms with Gasteiger partial charge in [-0.25, -0.2) is 0 Å². The number of benzene rings is 2. The van der Waals surface area contributed by atoms with Crippen LogP contribution in [0.4, 0.5) is 0 Å². The summed E-state index contributed by atoms with van der Waals surface area (Å²) in [5.41, 5.74) is -1.27. The number of aliphatic hydroxyl groups excluding tert-OH is 6. The fourth-order valence-corrected chi connectivity index (χ4v) is 5.20. The van der Waals surface area contributed by atoms with Crippen LogP contribution in [0.3, 0.4) is 0 Å². The number of ether oxygens (including phenoxy) is 6. The minimum atomic E-state index is -1.97.